The number of fused-ring (bicyclic) bond motifs is 3. The van der Waals surface area contributed by atoms with E-state index in [1.54, 1.807) is 6.20 Å². The zero-order chi connectivity index (χ0) is 17.5. The number of aromatic nitrogens is 3. The molecule has 26 heavy (non-hydrogen) atoms. The number of piperazine rings is 1. The van der Waals surface area contributed by atoms with Crippen molar-refractivity contribution in [1.29, 1.82) is 0 Å². The summed E-state index contributed by atoms with van der Waals surface area (Å²) in [5.74, 6) is 0. The summed E-state index contributed by atoms with van der Waals surface area (Å²) in [6.45, 7) is 3.14. The molecule has 0 spiro atoms. The van der Waals surface area contributed by atoms with Gasteiger partial charge < -0.3 is 20.1 Å². The van der Waals surface area contributed by atoms with Crippen LogP contribution in [0.2, 0.25) is 0 Å². The van der Waals surface area contributed by atoms with Crippen LogP contribution >= 0.6 is 0 Å². The van der Waals surface area contributed by atoms with E-state index in [2.05, 4.69) is 31.2 Å². The Kier molecular flexibility index (Phi) is 3.65. The van der Waals surface area contributed by atoms with Crippen molar-refractivity contribution in [3.05, 3.63) is 30.7 Å². The molecule has 7 heteroatoms. The maximum Gasteiger partial charge on any atom is 0.317 e. The van der Waals surface area contributed by atoms with Crippen LogP contribution in [0.3, 0.4) is 0 Å². The number of hydrogen-bond acceptors (Lipinski definition) is 4. The molecule has 0 aromatic carbocycles. The van der Waals surface area contributed by atoms with Crippen LogP contribution in [0.25, 0.3) is 21.9 Å². The predicted octanol–water partition coefficient (Wildman–Crippen LogP) is 2.50. The highest BCUT2D eigenvalue weighted by atomic mass is 16.2. The van der Waals surface area contributed by atoms with Gasteiger partial charge in [-0.1, -0.05) is 0 Å². The first-order valence-electron chi connectivity index (χ1n) is 9.31. The van der Waals surface area contributed by atoms with Gasteiger partial charge >= 0.3 is 6.03 Å². The number of H-pyrrole nitrogens is 1. The van der Waals surface area contributed by atoms with Gasteiger partial charge in [-0.25, -0.2) is 14.8 Å². The van der Waals surface area contributed by atoms with E-state index in [0.717, 1.165) is 61.0 Å². The molecular weight excluding hydrogens is 328 g/mol. The third kappa shape index (κ3) is 2.55. The van der Waals surface area contributed by atoms with Crippen LogP contribution in [0.15, 0.2) is 30.7 Å². The van der Waals surface area contributed by atoms with E-state index in [1.165, 1.54) is 12.1 Å². The monoisotopic (exact) mass is 350 g/mol. The molecule has 0 radical (unpaired) electrons. The SMILES string of the molecule is O=C(NC1CCC1)N1CCN(c2cc[nH]c3cnc4nccc4c23)CC1. The summed E-state index contributed by atoms with van der Waals surface area (Å²) in [7, 11) is 0. The highest BCUT2D eigenvalue weighted by molar-refractivity contribution is 6.10. The standard InChI is InChI=1S/C19H22N6O/c26-19(23-13-2-1-3-13)25-10-8-24(9-11-25)16-5-7-20-15-12-22-18-14(17(15)16)4-6-21-18/h4-7,12-13,20H,1-3,8-11H2,(H,23,26). The van der Waals surface area contributed by atoms with Crippen molar-refractivity contribution >= 4 is 33.7 Å². The van der Waals surface area contributed by atoms with Gasteiger partial charge in [0.05, 0.1) is 11.7 Å². The normalized spacial score (nSPS) is 18.3. The minimum atomic E-state index is 0.0902. The molecule has 1 saturated heterocycles. The number of rotatable bonds is 2. The quantitative estimate of drug-likeness (QED) is 0.744. The summed E-state index contributed by atoms with van der Waals surface area (Å²) in [6, 6.07) is 4.61. The Hall–Kier alpha value is -2.83. The zero-order valence-electron chi connectivity index (χ0n) is 14.6. The van der Waals surface area contributed by atoms with Crippen molar-refractivity contribution in [3.63, 3.8) is 0 Å². The summed E-state index contributed by atoms with van der Waals surface area (Å²) in [5, 5.41) is 5.36. The minimum Gasteiger partial charge on any atom is -0.367 e. The van der Waals surface area contributed by atoms with Gasteiger partial charge in [0.2, 0.25) is 0 Å². The van der Waals surface area contributed by atoms with Crippen molar-refractivity contribution in [2.45, 2.75) is 25.3 Å². The highest BCUT2D eigenvalue weighted by Crippen LogP contribution is 2.31. The molecule has 1 aliphatic heterocycles. The average Bonchev–Trinajstić information content (AvgIpc) is 3.13. The fraction of sp³-hybridized carbons (Fsp3) is 0.421. The lowest BCUT2D eigenvalue weighted by Gasteiger charge is -2.38. The first-order valence-corrected chi connectivity index (χ1v) is 9.31. The second-order valence-electron chi connectivity index (χ2n) is 7.14. The van der Waals surface area contributed by atoms with E-state index in [1.807, 2.05) is 23.4 Å². The Bertz CT molecular complexity index is 955. The number of nitrogens with one attached hydrogen (secondary N) is 2. The molecule has 1 aliphatic carbocycles. The third-order valence-electron chi connectivity index (χ3n) is 5.61. The maximum absolute atomic E-state index is 12.4. The van der Waals surface area contributed by atoms with Gasteiger partial charge in [-0.2, -0.15) is 0 Å². The Morgan fingerprint density at radius 3 is 2.77 bits per heavy atom. The van der Waals surface area contributed by atoms with E-state index in [4.69, 9.17) is 0 Å². The van der Waals surface area contributed by atoms with Gasteiger partial charge in [-0.05, 0) is 31.4 Å². The number of carbonyl (C=O) groups excluding carboxylic acids is 1. The number of carbonyl (C=O) groups is 1. The predicted molar refractivity (Wildman–Crippen MR) is 101 cm³/mol. The molecule has 134 valence electrons. The Morgan fingerprint density at radius 1 is 1.15 bits per heavy atom. The van der Waals surface area contributed by atoms with Crippen LogP contribution in [-0.2, 0) is 0 Å². The lowest BCUT2D eigenvalue weighted by molar-refractivity contribution is 0.183. The van der Waals surface area contributed by atoms with E-state index in [-0.39, 0.29) is 6.03 Å². The van der Waals surface area contributed by atoms with E-state index >= 15 is 0 Å². The summed E-state index contributed by atoms with van der Waals surface area (Å²) >= 11 is 0. The summed E-state index contributed by atoms with van der Waals surface area (Å²) in [6.07, 6.45) is 9.08. The van der Waals surface area contributed by atoms with Crippen LogP contribution in [0.1, 0.15) is 19.3 Å². The highest BCUT2D eigenvalue weighted by Gasteiger charge is 2.26. The van der Waals surface area contributed by atoms with Gasteiger partial charge in [0, 0.05) is 61.1 Å². The summed E-state index contributed by atoms with van der Waals surface area (Å²) < 4.78 is 0. The van der Waals surface area contributed by atoms with Crippen molar-refractivity contribution in [3.8, 4) is 0 Å². The lowest BCUT2D eigenvalue weighted by atomic mass is 9.93. The molecule has 1 saturated carbocycles. The average molecular weight is 350 g/mol. The van der Waals surface area contributed by atoms with Crippen LogP contribution in [-0.4, -0.2) is 58.1 Å². The molecule has 0 unspecified atom stereocenters. The molecule has 2 amide bonds. The second kappa shape index (κ2) is 6.16. The van der Waals surface area contributed by atoms with Crippen molar-refractivity contribution < 1.29 is 4.79 Å². The summed E-state index contributed by atoms with van der Waals surface area (Å²) in [4.78, 5) is 28.7. The topological polar surface area (TPSA) is 77.2 Å². The van der Waals surface area contributed by atoms with Gasteiger partial charge in [0.15, 0.2) is 5.65 Å². The molecule has 3 aromatic rings. The smallest absolute Gasteiger partial charge is 0.317 e. The van der Waals surface area contributed by atoms with Crippen LogP contribution in [0.4, 0.5) is 10.5 Å². The first kappa shape index (κ1) is 15.4. The molecule has 2 fully saturated rings. The molecule has 2 N–H and O–H groups in total. The van der Waals surface area contributed by atoms with Gasteiger partial charge in [0.25, 0.3) is 0 Å². The number of nitrogens with zero attached hydrogens (tertiary/aromatic N) is 4. The molecule has 4 heterocycles. The van der Waals surface area contributed by atoms with Gasteiger partial charge in [0.1, 0.15) is 0 Å². The van der Waals surface area contributed by atoms with E-state index < -0.39 is 0 Å². The van der Waals surface area contributed by atoms with Crippen molar-refractivity contribution in [1.82, 2.24) is 25.2 Å². The van der Waals surface area contributed by atoms with Crippen LogP contribution < -0.4 is 10.2 Å². The molecule has 2 aliphatic rings. The molecule has 0 bridgehead atoms. The van der Waals surface area contributed by atoms with Crippen LogP contribution in [0, 0.1) is 0 Å². The largest absolute Gasteiger partial charge is 0.367 e. The Labute approximate surface area is 151 Å². The van der Waals surface area contributed by atoms with Gasteiger partial charge in [-0.15, -0.1) is 0 Å². The van der Waals surface area contributed by atoms with Gasteiger partial charge in [-0.3, -0.25) is 0 Å². The number of amides is 2. The fourth-order valence-corrected chi connectivity index (χ4v) is 3.87. The molecule has 5 rings (SSSR count). The minimum absolute atomic E-state index is 0.0902. The van der Waals surface area contributed by atoms with Crippen molar-refractivity contribution in [2.75, 3.05) is 31.1 Å². The molecule has 0 atom stereocenters. The zero-order valence-corrected chi connectivity index (χ0v) is 14.6. The lowest BCUT2D eigenvalue weighted by Crippen LogP contribution is -2.54. The number of hydrogen-bond donors (Lipinski definition) is 2. The molecule has 3 aromatic heterocycles. The number of anilines is 1. The maximum atomic E-state index is 12.4. The number of pyridine rings is 2. The number of urea groups is 1. The third-order valence-corrected chi connectivity index (χ3v) is 5.61. The van der Waals surface area contributed by atoms with Crippen LogP contribution in [0.5, 0.6) is 0 Å². The number of aromatic amines is 1. The fourth-order valence-electron chi connectivity index (χ4n) is 3.87. The summed E-state index contributed by atoms with van der Waals surface area (Å²) in [5.41, 5.74) is 2.96. The Morgan fingerprint density at radius 2 is 2.00 bits per heavy atom. The van der Waals surface area contributed by atoms with Crippen molar-refractivity contribution in [2.24, 2.45) is 0 Å². The molecule has 7 nitrogen and oxygen atoms in total. The molecular formula is C19H22N6O. The van der Waals surface area contributed by atoms with E-state index in [0.29, 0.717) is 6.04 Å². The second-order valence-corrected chi connectivity index (χ2v) is 7.14. The van der Waals surface area contributed by atoms with E-state index in [9.17, 15) is 4.79 Å². The Balaban J connectivity index is 1.38. The first-order chi connectivity index (χ1) is 12.8.